The van der Waals surface area contributed by atoms with Gasteiger partial charge in [-0.15, -0.1) is 6.58 Å². The molecule has 0 saturated heterocycles. The molecule has 0 aliphatic heterocycles. The van der Waals surface area contributed by atoms with Gasteiger partial charge in [-0.05, 0) is 49.5 Å². The van der Waals surface area contributed by atoms with Gasteiger partial charge in [-0.1, -0.05) is 25.0 Å². The van der Waals surface area contributed by atoms with Crippen molar-refractivity contribution in [3.63, 3.8) is 0 Å². The Morgan fingerprint density at radius 1 is 0.862 bits per heavy atom. The molecule has 0 aliphatic carbocycles. The lowest BCUT2D eigenvalue weighted by Crippen LogP contribution is -2.34. The van der Waals surface area contributed by atoms with Crippen LogP contribution in [0.25, 0.3) is 0 Å². The molecule has 0 saturated carbocycles. The van der Waals surface area contributed by atoms with Crippen LogP contribution in [-0.4, -0.2) is 36.2 Å². The zero-order chi connectivity index (χ0) is 22.1. The predicted octanol–water partition coefficient (Wildman–Crippen LogP) is 3.50. The van der Waals surface area contributed by atoms with Crippen LogP contribution in [0.5, 0.6) is 0 Å². The molecule has 0 N–H and O–H groups in total. The molecule has 3 atom stereocenters. The summed E-state index contributed by atoms with van der Waals surface area (Å²) in [5, 5.41) is 0. The molecular formula is C23H30O6. The lowest BCUT2D eigenvalue weighted by molar-refractivity contribution is -0.165. The second kappa shape index (κ2) is 16.0. The Bertz CT molecular complexity index is 686. The normalized spacial score (nSPS) is 12.5. The fourth-order valence-corrected chi connectivity index (χ4v) is 2.43. The Kier molecular flexibility index (Phi) is 14.4. The van der Waals surface area contributed by atoms with Crippen LogP contribution in [-0.2, 0) is 28.6 Å². The first-order chi connectivity index (χ1) is 13.8. The van der Waals surface area contributed by atoms with Crippen LogP contribution >= 0.6 is 0 Å². The average Bonchev–Trinajstić information content (AvgIpc) is 2.63. The molecule has 0 bridgehead atoms. The van der Waals surface area contributed by atoms with Gasteiger partial charge in [0.05, 0.1) is 6.42 Å². The van der Waals surface area contributed by atoms with E-state index in [4.69, 9.17) is 14.2 Å². The lowest BCUT2D eigenvalue weighted by Gasteiger charge is -2.25. The molecule has 0 aliphatic rings. The van der Waals surface area contributed by atoms with Crippen LogP contribution in [0.2, 0.25) is 0 Å². The largest absolute Gasteiger partial charge is 0.459 e. The number of esters is 3. The summed E-state index contributed by atoms with van der Waals surface area (Å²) in [6, 6.07) is 0. The van der Waals surface area contributed by atoms with E-state index >= 15 is 0 Å². The summed E-state index contributed by atoms with van der Waals surface area (Å²) in [4.78, 5) is 33.9. The number of rotatable bonds is 12. The Balaban J connectivity index is 5.06. The van der Waals surface area contributed by atoms with Crippen LogP contribution in [0.15, 0.2) is 25.3 Å². The van der Waals surface area contributed by atoms with E-state index in [2.05, 4.69) is 36.8 Å². The van der Waals surface area contributed by atoms with Crippen molar-refractivity contribution < 1.29 is 28.6 Å². The van der Waals surface area contributed by atoms with Crippen molar-refractivity contribution in [3.05, 3.63) is 25.3 Å². The summed E-state index contributed by atoms with van der Waals surface area (Å²) >= 11 is 0. The van der Waals surface area contributed by atoms with Gasteiger partial charge in [-0.2, -0.15) is 0 Å². The van der Waals surface area contributed by atoms with Crippen molar-refractivity contribution in [2.75, 3.05) is 0 Å². The first-order valence-electron chi connectivity index (χ1n) is 9.53. The van der Waals surface area contributed by atoms with E-state index in [0.29, 0.717) is 6.42 Å². The highest BCUT2D eigenvalue weighted by Crippen LogP contribution is 2.17. The Labute approximate surface area is 173 Å². The Morgan fingerprint density at radius 2 is 1.48 bits per heavy atom. The molecule has 0 aromatic rings. The molecule has 6 nitrogen and oxygen atoms in total. The quantitative estimate of drug-likeness (QED) is 0.163. The van der Waals surface area contributed by atoms with Gasteiger partial charge in [0.15, 0.2) is 6.10 Å². The minimum Gasteiger partial charge on any atom is -0.459 e. The van der Waals surface area contributed by atoms with Gasteiger partial charge >= 0.3 is 17.9 Å². The minimum atomic E-state index is -0.740. The second-order valence-electron chi connectivity index (χ2n) is 6.26. The topological polar surface area (TPSA) is 78.9 Å². The predicted molar refractivity (Wildman–Crippen MR) is 110 cm³/mol. The maximum atomic E-state index is 11.5. The van der Waals surface area contributed by atoms with Gasteiger partial charge in [-0.25, -0.2) is 0 Å². The third-order valence-corrected chi connectivity index (χ3v) is 3.62. The molecule has 0 amide bonds. The van der Waals surface area contributed by atoms with Crippen molar-refractivity contribution in [1.82, 2.24) is 0 Å². The van der Waals surface area contributed by atoms with E-state index in [9.17, 15) is 14.4 Å². The number of carbonyl (C=O) groups excluding carboxylic acids is 3. The van der Waals surface area contributed by atoms with E-state index in [-0.39, 0.29) is 6.42 Å². The fourth-order valence-electron chi connectivity index (χ4n) is 2.43. The molecule has 0 rings (SSSR count). The fraction of sp³-hybridized carbons (Fsp3) is 0.522. The molecular weight excluding hydrogens is 372 g/mol. The van der Waals surface area contributed by atoms with Crippen LogP contribution in [0, 0.1) is 23.7 Å². The van der Waals surface area contributed by atoms with Crippen molar-refractivity contribution in [3.8, 4) is 23.7 Å². The highest BCUT2D eigenvalue weighted by molar-refractivity contribution is 5.67. The van der Waals surface area contributed by atoms with Gasteiger partial charge in [-0.3, -0.25) is 14.4 Å². The van der Waals surface area contributed by atoms with Gasteiger partial charge in [0.25, 0.3) is 0 Å². The molecule has 0 fully saturated rings. The highest BCUT2D eigenvalue weighted by atomic mass is 16.6. The van der Waals surface area contributed by atoms with Crippen LogP contribution in [0.3, 0.4) is 0 Å². The molecule has 0 aromatic carbocycles. The number of allylic oxidation sites excluding steroid dienone is 1. The lowest BCUT2D eigenvalue weighted by atomic mass is 10.0. The second-order valence-corrected chi connectivity index (χ2v) is 6.26. The smallest absolute Gasteiger partial charge is 0.304 e. The van der Waals surface area contributed by atoms with Gasteiger partial charge < -0.3 is 14.2 Å². The van der Waals surface area contributed by atoms with Crippen molar-refractivity contribution in [2.24, 2.45) is 0 Å². The van der Waals surface area contributed by atoms with Crippen LogP contribution in [0.1, 0.15) is 59.3 Å². The standard InChI is InChI=1S/C23H30O6/c1-6-8-9-10-13-16-22(28-19(4)25)23(29-20(5)26)17-14-11-12-15-21(7-2)27-18(3)24/h6-7,21-23H,1-2,8-10,13,16-17H2,3-5H3. The first kappa shape index (κ1) is 26.0. The average molecular weight is 402 g/mol. The zero-order valence-electron chi connectivity index (χ0n) is 17.5. The monoisotopic (exact) mass is 402 g/mol. The van der Waals surface area contributed by atoms with E-state index in [1.54, 1.807) is 0 Å². The first-order valence-corrected chi connectivity index (χ1v) is 9.53. The Morgan fingerprint density at radius 3 is 2.03 bits per heavy atom. The summed E-state index contributed by atoms with van der Waals surface area (Å²) in [5.41, 5.74) is 0. The number of unbranched alkanes of at least 4 members (excludes halogenated alkanes) is 3. The van der Waals surface area contributed by atoms with Crippen molar-refractivity contribution >= 4 is 17.9 Å². The molecule has 0 radical (unpaired) electrons. The molecule has 3 unspecified atom stereocenters. The maximum absolute atomic E-state index is 11.5. The molecule has 0 aromatic heterocycles. The molecule has 6 heteroatoms. The Hall–Kier alpha value is -2.99. The summed E-state index contributed by atoms with van der Waals surface area (Å²) in [5.74, 6) is 9.27. The van der Waals surface area contributed by atoms with Crippen molar-refractivity contribution in [2.45, 2.75) is 77.6 Å². The van der Waals surface area contributed by atoms with E-state index in [0.717, 1.165) is 25.7 Å². The van der Waals surface area contributed by atoms with Crippen molar-refractivity contribution in [1.29, 1.82) is 0 Å². The molecule has 0 spiro atoms. The van der Waals surface area contributed by atoms with E-state index in [1.165, 1.54) is 26.8 Å². The van der Waals surface area contributed by atoms with E-state index < -0.39 is 36.2 Å². The highest BCUT2D eigenvalue weighted by Gasteiger charge is 2.26. The molecule has 0 heterocycles. The summed E-state index contributed by atoms with van der Waals surface area (Å²) in [6.45, 7) is 11.1. The minimum absolute atomic E-state index is 0.158. The summed E-state index contributed by atoms with van der Waals surface area (Å²) in [6.07, 6.45) is 5.66. The molecule has 29 heavy (non-hydrogen) atoms. The molecule has 158 valence electrons. The SMILES string of the molecule is C=CCCCCCC(OC(C)=O)C(CC#CC#CC(C=C)OC(C)=O)OC(C)=O. The van der Waals surface area contributed by atoms with Gasteiger partial charge in [0.2, 0.25) is 0 Å². The number of ether oxygens (including phenoxy) is 3. The van der Waals surface area contributed by atoms with E-state index in [1.807, 2.05) is 6.08 Å². The number of hydrogen-bond donors (Lipinski definition) is 0. The number of hydrogen-bond acceptors (Lipinski definition) is 6. The van der Waals surface area contributed by atoms with Crippen LogP contribution in [0.4, 0.5) is 0 Å². The van der Waals surface area contributed by atoms with Gasteiger partial charge in [0, 0.05) is 20.8 Å². The maximum Gasteiger partial charge on any atom is 0.304 e. The summed E-state index contributed by atoms with van der Waals surface area (Å²) in [7, 11) is 0. The third-order valence-electron chi connectivity index (χ3n) is 3.62. The van der Waals surface area contributed by atoms with Gasteiger partial charge in [0.1, 0.15) is 12.2 Å². The van der Waals surface area contributed by atoms with Crippen LogP contribution < -0.4 is 0 Å². The summed E-state index contributed by atoms with van der Waals surface area (Å²) < 4.78 is 15.6. The number of carbonyl (C=O) groups is 3. The third kappa shape index (κ3) is 14.7. The zero-order valence-corrected chi connectivity index (χ0v) is 17.5.